The summed E-state index contributed by atoms with van der Waals surface area (Å²) < 4.78 is 10.5. The van der Waals surface area contributed by atoms with Crippen LogP contribution >= 0.6 is 0 Å². The predicted octanol–water partition coefficient (Wildman–Crippen LogP) is 2.06. The number of benzene rings is 2. The summed E-state index contributed by atoms with van der Waals surface area (Å²) in [4.78, 5) is 25.7. The highest BCUT2D eigenvalue weighted by molar-refractivity contribution is 5.85. The first kappa shape index (κ1) is 33.1. The number of nitrogens with two attached hydrogens (primary N) is 1. The van der Waals surface area contributed by atoms with Gasteiger partial charge in [-0.15, -0.1) is 10.2 Å². The number of amides is 1. The molecule has 0 spiro atoms. The Morgan fingerprint density at radius 3 is 2.61 bits per heavy atom. The fourth-order valence-electron chi connectivity index (χ4n) is 5.42. The normalized spacial score (nSPS) is 11.9. The van der Waals surface area contributed by atoms with E-state index in [1.54, 1.807) is 7.05 Å². The molecule has 2 aromatic carbocycles. The van der Waals surface area contributed by atoms with E-state index in [-0.39, 0.29) is 12.5 Å². The van der Waals surface area contributed by atoms with Crippen LogP contribution in [0.3, 0.4) is 0 Å². The Bertz CT molecular complexity index is 1560. The number of fused-ring (bicyclic) bond motifs is 3. The van der Waals surface area contributed by atoms with E-state index in [1.807, 2.05) is 24.3 Å². The van der Waals surface area contributed by atoms with Crippen molar-refractivity contribution in [2.45, 2.75) is 25.7 Å². The monoisotopic (exact) mass is 628 g/mol. The van der Waals surface area contributed by atoms with E-state index in [9.17, 15) is 4.79 Å². The highest BCUT2D eigenvalue weighted by Crippen LogP contribution is 2.41. The zero-order valence-electron chi connectivity index (χ0n) is 26.7. The molecule has 13 nitrogen and oxygen atoms in total. The lowest BCUT2D eigenvalue weighted by Gasteiger charge is -2.18. The van der Waals surface area contributed by atoms with Crippen LogP contribution in [0.2, 0.25) is 0 Å². The zero-order valence-corrected chi connectivity index (χ0v) is 26.7. The molecule has 13 heteroatoms. The summed E-state index contributed by atoms with van der Waals surface area (Å²) in [5.74, 6) is 2.17. The maximum Gasteiger partial charge on any atom is 0.246 e. The van der Waals surface area contributed by atoms with Crippen LogP contribution in [0.5, 0.6) is 0 Å². The lowest BCUT2D eigenvalue weighted by Crippen LogP contribution is -2.31. The van der Waals surface area contributed by atoms with Gasteiger partial charge in [0, 0.05) is 43.6 Å². The average Bonchev–Trinajstić information content (AvgIpc) is 3.66. The average molecular weight is 629 g/mol. The van der Waals surface area contributed by atoms with E-state index in [0.29, 0.717) is 45.2 Å². The van der Waals surface area contributed by atoms with Crippen molar-refractivity contribution in [1.82, 2.24) is 40.4 Å². The Hall–Kier alpha value is -4.30. The summed E-state index contributed by atoms with van der Waals surface area (Å²) in [5, 5.41) is 19.1. The van der Waals surface area contributed by atoms with E-state index in [4.69, 9.17) is 25.2 Å². The second-order valence-electron chi connectivity index (χ2n) is 11.4. The van der Waals surface area contributed by atoms with Gasteiger partial charge in [-0.05, 0) is 60.9 Å². The number of anilines is 1. The van der Waals surface area contributed by atoms with Crippen molar-refractivity contribution in [3.05, 3.63) is 71.2 Å². The molecule has 2 heterocycles. The molecular weight excluding hydrogens is 584 g/mol. The quantitative estimate of drug-likeness (QED) is 0.115. The maximum atomic E-state index is 12.0. The van der Waals surface area contributed by atoms with Crippen molar-refractivity contribution in [2.75, 3.05) is 71.5 Å². The molecular formula is C33H44N10O3. The zero-order chi connectivity index (χ0) is 32.1. The van der Waals surface area contributed by atoms with Crippen molar-refractivity contribution >= 4 is 11.7 Å². The number of hydrogen-bond donors (Lipinski definition) is 3. The number of aryl methyl sites for hydroxylation is 1. The lowest BCUT2D eigenvalue weighted by atomic mass is 10.0. The van der Waals surface area contributed by atoms with Crippen molar-refractivity contribution in [1.29, 1.82) is 0 Å². The van der Waals surface area contributed by atoms with Gasteiger partial charge in [0.15, 0.2) is 0 Å². The maximum absolute atomic E-state index is 12.0. The van der Waals surface area contributed by atoms with Gasteiger partial charge in [0.25, 0.3) is 0 Å². The fourth-order valence-corrected chi connectivity index (χ4v) is 5.42. The highest BCUT2D eigenvalue weighted by Gasteiger charge is 2.26. The van der Waals surface area contributed by atoms with Crippen LogP contribution in [0.25, 0.3) is 22.5 Å². The third-order valence-electron chi connectivity index (χ3n) is 7.65. The molecule has 0 fully saturated rings. The largest absolute Gasteiger partial charge is 0.378 e. The summed E-state index contributed by atoms with van der Waals surface area (Å²) in [6, 6.07) is 16.6. The Balaban J connectivity index is 1.13. The molecule has 244 valence electrons. The van der Waals surface area contributed by atoms with Crippen LogP contribution in [0.4, 0.5) is 5.82 Å². The van der Waals surface area contributed by atoms with Gasteiger partial charge in [0.2, 0.25) is 11.7 Å². The van der Waals surface area contributed by atoms with Crippen LogP contribution < -0.4 is 16.4 Å². The number of nitrogens with zero attached hydrogens (tertiary/aromatic N) is 7. The molecule has 4 aromatic rings. The Morgan fingerprint density at radius 2 is 1.83 bits per heavy atom. The minimum absolute atomic E-state index is 0.0395. The van der Waals surface area contributed by atoms with Crippen LogP contribution in [0.1, 0.15) is 35.5 Å². The molecule has 0 aliphatic heterocycles. The third kappa shape index (κ3) is 9.36. The van der Waals surface area contributed by atoms with Crippen LogP contribution in [0.15, 0.2) is 48.5 Å². The number of carbonyl (C=O) groups is 1. The first-order valence-electron chi connectivity index (χ1n) is 15.9. The molecule has 2 aromatic heterocycles. The molecule has 1 aliphatic rings. The van der Waals surface area contributed by atoms with Gasteiger partial charge in [-0.3, -0.25) is 4.79 Å². The molecule has 5 rings (SSSR count). The van der Waals surface area contributed by atoms with Gasteiger partial charge < -0.3 is 30.7 Å². The molecule has 4 N–H and O–H groups in total. The van der Waals surface area contributed by atoms with Crippen LogP contribution in [-0.2, 0) is 34.2 Å². The number of hydrogen-bond acceptors (Lipinski definition) is 11. The van der Waals surface area contributed by atoms with Crippen molar-refractivity contribution < 1.29 is 14.3 Å². The number of ether oxygens (including phenoxy) is 2. The number of tetrazole rings is 1. The second kappa shape index (κ2) is 16.9. The standard InChI is InChI=1S/C33H44N10O3/c1-42(15-6-13-35-30(44)23-46-19-18-45-17-12-34)16-7-14-36-33-31-27-11-10-25(32-39-41-43(2)40-32)21-26(27)22-28(31)37-29(38-33)20-24-8-4-3-5-9-24/h3-5,8-11,21H,6-7,12-20,22-23,34H2,1-2H3,(H,35,44)(H,36,37,38). The van der Waals surface area contributed by atoms with Crippen LogP contribution in [-0.4, -0.2) is 107 Å². The Morgan fingerprint density at radius 1 is 1.02 bits per heavy atom. The molecule has 0 radical (unpaired) electrons. The number of aromatic nitrogens is 6. The minimum atomic E-state index is -0.113. The SMILES string of the molecule is CN(CCCNC(=O)COCCOCCN)CCCNc1nc(Cc2ccccc2)nc2c1-c1ccc(-c3nnn(C)n3)cc1C2. The molecule has 1 aliphatic carbocycles. The molecule has 0 bridgehead atoms. The third-order valence-corrected chi connectivity index (χ3v) is 7.65. The van der Waals surface area contributed by atoms with Crippen molar-refractivity contribution in [3.8, 4) is 22.5 Å². The van der Waals surface area contributed by atoms with Crippen molar-refractivity contribution in [3.63, 3.8) is 0 Å². The van der Waals surface area contributed by atoms with E-state index in [0.717, 1.165) is 72.9 Å². The smallest absolute Gasteiger partial charge is 0.246 e. The van der Waals surface area contributed by atoms with Gasteiger partial charge >= 0.3 is 0 Å². The first-order valence-corrected chi connectivity index (χ1v) is 15.9. The van der Waals surface area contributed by atoms with Gasteiger partial charge in [0.05, 0.1) is 32.6 Å². The van der Waals surface area contributed by atoms with Gasteiger partial charge in [-0.1, -0.05) is 42.5 Å². The molecule has 0 unspecified atom stereocenters. The van der Waals surface area contributed by atoms with Gasteiger partial charge in [-0.2, -0.15) is 4.80 Å². The Kier molecular flexibility index (Phi) is 12.1. The molecule has 1 amide bonds. The number of carbonyl (C=O) groups excluding carboxylic acids is 1. The molecule has 0 saturated carbocycles. The van der Waals surface area contributed by atoms with E-state index in [2.05, 4.69) is 62.3 Å². The first-order chi connectivity index (χ1) is 22.5. The van der Waals surface area contributed by atoms with Crippen LogP contribution in [0, 0.1) is 0 Å². The van der Waals surface area contributed by atoms with E-state index in [1.165, 1.54) is 15.9 Å². The predicted molar refractivity (Wildman–Crippen MR) is 176 cm³/mol. The summed E-state index contributed by atoms with van der Waals surface area (Å²) in [6.07, 6.45) is 3.20. The minimum Gasteiger partial charge on any atom is -0.378 e. The Labute approximate surface area is 269 Å². The van der Waals surface area contributed by atoms with E-state index >= 15 is 0 Å². The summed E-state index contributed by atoms with van der Waals surface area (Å²) in [7, 11) is 3.87. The lowest BCUT2D eigenvalue weighted by molar-refractivity contribution is -0.126. The second-order valence-corrected chi connectivity index (χ2v) is 11.4. The van der Waals surface area contributed by atoms with Crippen molar-refractivity contribution in [2.24, 2.45) is 12.8 Å². The van der Waals surface area contributed by atoms with E-state index < -0.39 is 0 Å². The number of nitrogens with one attached hydrogen (secondary N) is 2. The summed E-state index contributed by atoms with van der Waals surface area (Å²) in [6.45, 7) is 5.02. The van der Waals surface area contributed by atoms with Gasteiger partial charge in [-0.25, -0.2) is 9.97 Å². The highest BCUT2D eigenvalue weighted by atomic mass is 16.5. The van der Waals surface area contributed by atoms with Gasteiger partial charge in [0.1, 0.15) is 18.2 Å². The fraction of sp³-hybridized carbons (Fsp3) is 0.455. The summed E-state index contributed by atoms with van der Waals surface area (Å²) in [5.41, 5.74) is 11.9. The number of rotatable bonds is 19. The molecule has 0 atom stereocenters. The topological polar surface area (TPSA) is 158 Å². The molecule has 46 heavy (non-hydrogen) atoms. The molecule has 0 saturated heterocycles. The summed E-state index contributed by atoms with van der Waals surface area (Å²) >= 11 is 0.